The molecular formula is C29H30NO7. The number of esters is 1. The number of carbonyl (C=O) groups excluding carboxylic acids is 1. The van der Waals surface area contributed by atoms with Crippen LogP contribution in [0.1, 0.15) is 28.4 Å². The lowest BCUT2D eigenvalue weighted by molar-refractivity contribution is -0.142. The Kier molecular flexibility index (Phi) is 10.8. The van der Waals surface area contributed by atoms with Crippen LogP contribution < -0.4 is 14.2 Å². The molecule has 0 N–H and O–H groups in total. The molecular weight excluding hydrogens is 474 g/mol. The first-order valence-corrected chi connectivity index (χ1v) is 11.7. The molecule has 0 aliphatic heterocycles. The van der Waals surface area contributed by atoms with Gasteiger partial charge in [0.05, 0.1) is 20.3 Å². The van der Waals surface area contributed by atoms with Crippen molar-refractivity contribution in [2.24, 2.45) is 0 Å². The Morgan fingerprint density at radius 2 is 1.41 bits per heavy atom. The van der Waals surface area contributed by atoms with E-state index in [4.69, 9.17) is 28.4 Å². The molecule has 0 atom stereocenters. The van der Waals surface area contributed by atoms with Crippen molar-refractivity contribution >= 4 is 5.97 Å². The summed E-state index contributed by atoms with van der Waals surface area (Å²) in [4.78, 5) is 13.2. The monoisotopic (exact) mass is 504 g/mol. The van der Waals surface area contributed by atoms with E-state index in [1.54, 1.807) is 20.3 Å². The van der Waals surface area contributed by atoms with Crippen LogP contribution in [0.5, 0.6) is 17.2 Å². The number of methoxy groups -OCH3 is 3. The molecule has 3 aromatic rings. The molecule has 0 bridgehead atoms. The Morgan fingerprint density at radius 3 is 1.92 bits per heavy atom. The molecule has 0 amide bonds. The van der Waals surface area contributed by atoms with Crippen molar-refractivity contribution in [3.05, 3.63) is 95.4 Å². The molecule has 0 aromatic heterocycles. The molecule has 8 nitrogen and oxygen atoms in total. The zero-order valence-electron chi connectivity index (χ0n) is 21.1. The van der Waals surface area contributed by atoms with Gasteiger partial charge in [0, 0.05) is 19.8 Å². The Balaban J connectivity index is 1.94. The van der Waals surface area contributed by atoms with Crippen LogP contribution in [0, 0.1) is 17.8 Å². The van der Waals surface area contributed by atoms with Crippen LogP contribution in [0.3, 0.4) is 0 Å². The van der Waals surface area contributed by atoms with Crippen molar-refractivity contribution in [2.75, 3.05) is 47.8 Å². The van der Waals surface area contributed by atoms with Gasteiger partial charge in [-0.15, -0.1) is 0 Å². The summed E-state index contributed by atoms with van der Waals surface area (Å²) >= 11 is 0. The predicted octanol–water partition coefficient (Wildman–Crippen LogP) is 4.50. The van der Waals surface area contributed by atoms with Gasteiger partial charge in [-0.1, -0.05) is 60.7 Å². The van der Waals surface area contributed by atoms with Crippen LogP contribution in [0.4, 0.5) is 0 Å². The predicted molar refractivity (Wildman–Crippen MR) is 137 cm³/mol. The highest BCUT2D eigenvalue weighted by molar-refractivity contribution is 5.86. The van der Waals surface area contributed by atoms with E-state index in [1.165, 1.54) is 13.5 Å². The minimum Gasteiger partial charge on any atom is -0.495 e. The molecule has 0 aliphatic carbocycles. The molecule has 193 valence electrons. The highest BCUT2D eigenvalue weighted by Gasteiger charge is 2.25. The fourth-order valence-corrected chi connectivity index (χ4v) is 3.65. The van der Waals surface area contributed by atoms with Gasteiger partial charge in [-0.05, 0) is 17.2 Å². The SMILES string of the molecule is COCCOc1cc([CH]C(=O)OC(c2ccccc2)c2ccccc2)c(OC)c(C#N)c1OCCOC. The van der Waals surface area contributed by atoms with Crippen LogP contribution in [-0.2, 0) is 19.0 Å². The van der Waals surface area contributed by atoms with E-state index in [-0.39, 0.29) is 36.0 Å². The number of carbonyl (C=O) groups is 1. The van der Waals surface area contributed by atoms with Gasteiger partial charge in [0.1, 0.15) is 37.0 Å². The molecule has 1 radical (unpaired) electrons. The lowest BCUT2D eigenvalue weighted by atomic mass is 10.0. The third kappa shape index (κ3) is 7.46. The van der Waals surface area contributed by atoms with Crippen molar-refractivity contribution < 1.29 is 33.2 Å². The van der Waals surface area contributed by atoms with Crippen LogP contribution in [0.25, 0.3) is 0 Å². The zero-order valence-corrected chi connectivity index (χ0v) is 21.1. The Morgan fingerprint density at radius 1 is 0.838 bits per heavy atom. The van der Waals surface area contributed by atoms with Crippen molar-refractivity contribution in [3.8, 4) is 23.3 Å². The summed E-state index contributed by atoms with van der Waals surface area (Å²) in [6.07, 6.45) is 0.655. The first kappa shape index (κ1) is 27.5. The van der Waals surface area contributed by atoms with Crippen molar-refractivity contribution in [1.29, 1.82) is 5.26 Å². The number of ether oxygens (including phenoxy) is 6. The molecule has 0 saturated heterocycles. The molecule has 0 spiro atoms. The minimum atomic E-state index is -0.623. The number of rotatable bonds is 14. The summed E-state index contributed by atoms with van der Waals surface area (Å²) in [7, 11) is 4.52. The molecule has 0 aliphatic rings. The van der Waals surface area contributed by atoms with Gasteiger partial charge in [0.2, 0.25) is 0 Å². The molecule has 3 aromatic carbocycles. The Bertz CT molecular complexity index is 1140. The van der Waals surface area contributed by atoms with Gasteiger partial charge in [-0.3, -0.25) is 4.79 Å². The van der Waals surface area contributed by atoms with Gasteiger partial charge < -0.3 is 28.4 Å². The van der Waals surface area contributed by atoms with E-state index >= 15 is 0 Å². The molecule has 0 fully saturated rings. The highest BCUT2D eigenvalue weighted by Crippen LogP contribution is 2.41. The second-order valence-corrected chi connectivity index (χ2v) is 7.78. The van der Waals surface area contributed by atoms with Crippen molar-refractivity contribution in [2.45, 2.75) is 6.10 Å². The van der Waals surface area contributed by atoms with E-state index in [0.717, 1.165) is 11.1 Å². The van der Waals surface area contributed by atoms with E-state index < -0.39 is 12.1 Å². The minimum absolute atomic E-state index is 0.0928. The molecule has 37 heavy (non-hydrogen) atoms. The van der Waals surface area contributed by atoms with Gasteiger partial charge in [-0.2, -0.15) is 5.26 Å². The normalized spacial score (nSPS) is 10.6. The topological polar surface area (TPSA) is 96.2 Å². The molecule has 3 rings (SSSR count). The quantitative estimate of drug-likeness (QED) is 0.234. The molecule has 8 heteroatoms. The van der Waals surface area contributed by atoms with Gasteiger partial charge >= 0.3 is 5.97 Å². The van der Waals surface area contributed by atoms with E-state index in [0.29, 0.717) is 18.8 Å². The lowest BCUT2D eigenvalue weighted by Crippen LogP contribution is -2.15. The Labute approximate surface area is 217 Å². The largest absolute Gasteiger partial charge is 0.495 e. The third-order valence-corrected chi connectivity index (χ3v) is 5.33. The number of hydrogen-bond acceptors (Lipinski definition) is 8. The molecule has 0 unspecified atom stereocenters. The molecule has 0 heterocycles. The number of benzene rings is 3. The first-order valence-electron chi connectivity index (χ1n) is 11.7. The third-order valence-electron chi connectivity index (χ3n) is 5.33. The van der Waals surface area contributed by atoms with E-state index in [1.807, 2.05) is 60.7 Å². The fourth-order valence-electron chi connectivity index (χ4n) is 3.65. The number of hydrogen-bond donors (Lipinski definition) is 0. The number of nitrogens with zero attached hydrogens (tertiary/aromatic N) is 1. The average Bonchev–Trinajstić information content (AvgIpc) is 2.93. The average molecular weight is 505 g/mol. The highest BCUT2D eigenvalue weighted by atomic mass is 16.6. The van der Waals surface area contributed by atoms with Crippen molar-refractivity contribution in [1.82, 2.24) is 0 Å². The van der Waals surface area contributed by atoms with Crippen LogP contribution in [0.2, 0.25) is 0 Å². The van der Waals surface area contributed by atoms with E-state index in [2.05, 4.69) is 6.07 Å². The second kappa shape index (κ2) is 14.5. The van der Waals surface area contributed by atoms with Gasteiger partial charge in [-0.25, -0.2) is 0 Å². The summed E-state index contributed by atoms with van der Waals surface area (Å²) in [6, 6.07) is 22.6. The fraction of sp³-hybridized carbons (Fsp3) is 0.276. The smallest absolute Gasteiger partial charge is 0.315 e. The Hall–Kier alpha value is -4.06. The maximum absolute atomic E-state index is 13.2. The van der Waals surface area contributed by atoms with Crippen molar-refractivity contribution in [3.63, 3.8) is 0 Å². The van der Waals surface area contributed by atoms with E-state index in [9.17, 15) is 10.1 Å². The summed E-state index contributed by atoms with van der Waals surface area (Å²) in [6.45, 7) is 1.03. The summed E-state index contributed by atoms with van der Waals surface area (Å²) < 4.78 is 33.2. The second-order valence-electron chi connectivity index (χ2n) is 7.78. The summed E-state index contributed by atoms with van der Waals surface area (Å²) in [5.41, 5.74) is 2.06. The zero-order chi connectivity index (χ0) is 26.5. The lowest BCUT2D eigenvalue weighted by Gasteiger charge is -2.21. The van der Waals surface area contributed by atoms with Gasteiger partial charge in [0.15, 0.2) is 17.6 Å². The van der Waals surface area contributed by atoms with Crippen LogP contribution in [0.15, 0.2) is 66.7 Å². The first-order chi connectivity index (χ1) is 18.1. The van der Waals surface area contributed by atoms with Gasteiger partial charge in [0.25, 0.3) is 0 Å². The molecule has 0 saturated carbocycles. The summed E-state index contributed by atoms with van der Waals surface area (Å²) in [5, 5.41) is 9.93. The standard InChI is InChI=1S/C29H30NO7/c1-32-14-16-35-25-18-23(28(34-3)24(20-30)29(25)36-17-15-33-2)19-26(31)37-27(21-10-6-4-7-11-21)22-12-8-5-9-13-22/h4-13,18-19,27H,14-17H2,1-3H3. The van der Waals surface area contributed by atoms with Crippen LogP contribution >= 0.6 is 0 Å². The maximum Gasteiger partial charge on any atom is 0.315 e. The number of nitriles is 1. The summed E-state index contributed by atoms with van der Waals surface area (Å²) in [5.74, 6) is 0.0226. The van der Waals surface area contributed by atoms with Crippen LogP contribution in [-0.4, -0.2) is 53.7 Å². The maximum atomic E-state index is 13.2.